The summed E-state index contributed by atoms with van der Waals surface area (Å²) < 4.78 is 0. The Bertz CT molecular complexity index is 544. The number of benzene rings is 1. The molecule has 5 heteroatoms. The number of nitrogens with one attached hydrogen (secondary N) is 2. The molecule has 124 valence electrons. The normalized spacial score (nSPS) is 19.0. The maximum atomic E-state index is 12.1. The van der Waals surface area contributed by atoms with Gasteiger partial charge >= 0.3 is 0 Å². The largest absolute Gasteiger partial charge is 0.349 e. The quantitative estimate of drug-likeness (QED) is 0.877. The Morgan fingerprint density at radius 3 is 2.26 bits per heavy atom. The minimum absolute atomic E-state index is 0.0158. The maximum absolute atomic E-state index is 12.1. The van der Waals surface area contributed by atoms with Crippen LogP contribution in [0.5, 0.6) is 0 Å². The summed E-state index contributed by atoms with van der Waals surface area (Å²) in [6.45, 7) is 2.46. The second kappa shape index (κ2) is 7.59. The van der Waals surface area contributed by atoms with Crippen LogP contribution in [-0.4, -0.2) is 42.4 Å². The van der Waals surface area contributed by atoms with Crippen LogP contribution in [0.25, 0.3) is 0 Å². The molecule has 1 aliphatic carbocycles. The van der Waals surface area contributed by atoms with Gasteiger partial charge in [0.2, 0.25) is 5.91 Å². The average molecular weight is 315 g/mol. The molecule has 2 fully saturated rings. The van der Waals surface area contributed by atoms with Crippen LogP contribution < -0.4 is 10.6 Å². The summed E-state index contributed by atoms with van der Waals surface area (Å²) >= 11 is 0. The number of nitrogens with zero attached hydrogens (tertiary/aromatic N) is 1. The van der Waals surface area contributed by atoms with Crippen molar-refractivity contribution in [3.05, 3.63) is 29.8 Å². The molecule has 1 aromatic rings. The summed E-state index contributed by atoms with van der Waals surface area (Å²) in [4.78, 5) is 26.3. The van der Waals surface area contributed by atoms with Crippen molar-refractivity contribution in [1.29, 1.82) is 0 Å². The fraction of sp³-hybridized carbons (Fsp3) is 0.556. The Balaban J connectivity index is 1.48. The molecule has 0 atom stereocenters. The zero-order valence-electron chi connectivity index (χ0n) is 13.5. The van der Waals surface area contributed by atoms with Gasteiger partial charge in [-0.3, -0.25) is 14.5 Å². The molecular weight excluding hydrogens is 290 g/mol. The first-order chi connectivity index (χ1) is 11.2. The molecule has 1 heterocycles. The van der Waals surface area contributed by atoms with Crippen LogP contribution in [0.1, 0.15) is 48.9 Å². The minimum atomic E-state index is -0.0325. The Morgan fingerprint density at radius 1 is 1.00 bits per heavy atom. The monoisotopic (exact) mass is 315 g/mol. The molecule has 1 aromatic carbocycles. The van der Waals surface area contributed by atoms with E-state index in [4.69, 9.17) is 0 Å². The lowest BCUT2D eigenvalue weighted by atomic mass is 10.2. The summed E-state index contributed by atoms with van der Waals surface area (Å²) in [6, 6.07) is 7.47. The lowest BCUT2D eigenvalue weighted by Gasteiger charge is -2.19. The molecule has 1 saturated carbocycles. The summed E-state index contributed by atoms with van der Waals surface area (Å²) in [7, 11) is 0. The number of likely N-dealkylation sites (tertiary alicyclic amines) is 1. The van der Waals surface area contributed by atoms with E-state index in [0.717, 1.165) is 31.6 Å². The van der Waals surface area contributed by atoms with Crippen LogP contribution >= 0.6 is 0 Å². The molecular formula is C18H25N3O2. The van der Waals surface area contributed by atoms with Crippen molar-refractivity contribution in [2.24, 2.45) is 0 Å². The molecule has 23 heavy (non-hydrogen) atoms. The molecule has 2 amide bonds. The first-order valence-corrected chi connectivity index (χ1v) is 8.64. The average Bonchev–Trinajstić information content (AvgIpc) is 3.36. The van der Waals surface area contributed by atoms with Crippen molar-refractivity contribution >= 4 is 17.5 Å². The number of hydrogen-bond donors (Lipinski definition) is 2. The molecule has 0 spiro atoms. The van der Waals surface area contributed by atoms with Crippen LogP contribution in [0, 0.1) is 0 Å². The summed E-state index contributed by atoms with van der Waals surface area (Å²) in [5.41, 5.74) is 1.38. The van der Waals surface area contributed by atoms with Crippen molar-refractivity contribution < 1.29 is 9.59 Å². The second-order valence-corrected chi connectivity index (χ2v) is 6.56. The zero-order chi connectivity index (χ0) is 16.1. The van der Waals surface area contributed by atoms with Gasteiger partial charge in [0.05, 0.1) is 6.54 Å². The van der Waals surface area contributed by atoms with Crippen molar-refractivity contribution in [3.63, 3.8) is 0 Å². The van der Waals surface area contributed by atoms with Gasteiger partial charge in [-0.1, -0.05) is 12.8 Å². The molecule has 0 aromatic heterocycles. The highest BCUT2D eigenvalue weighted by molar-refractivity contribution is 5.96. The molecule has 0 radical (unpaired) electrons. The van der Waals surface area contributed by atoms with Crippen LogP contribution in [0.4, 0.5) is 5.69 Å². The fourth-order valence-electron chi connectivity index (χ4n) is 2.90. The number of rotatable bonds is 5. The molecule has 2 aliphatic rings. The molecule has 3 rings (SSSR count). The third-order valence-electron chi connectivity index (χ3n) is 4.41. The SMILES string of the molecule is O=C(CN1CCCCCC1)Nc1ccc(C(=O)NC2CC2)cc1. The van der Waals surface area contributed by atoms with Gasteiger partial charge in [-0.2, -0.15) is 0 Å². The van der Waals surface area contributed by atoms with Gasteiger partial charge in [0.25, 0.3) is 5.91 Å². The van der Waals surface area contributed by atoms with E-state index in [1.165, 1.54) is 25.7 Å². The fourth-order valence-corrected chi connectivity index (χ4v) is 2.90. The van der Waals surface area contributed by atoms with Crippen LogP contribution in [0.2, 0.25) is 0 Å². The zero-order valence-corrected chi connectivity index (χ0v) is 13.5. The Hall–Kier alpha value is -1.88. The minimum Gasteiger partial charge on any atom is -0.349 e. The van der Waals surface area contributed by atoms with Gasteiger partial charge in [-0.25, -0.2) is 0 Å². The van der Waals surface area contributed by atoms with Gasteiger partial charge in [0.15, 0.2) is 0 Å². The molecule has 0 unspecified atom stereocenters. The highest BCUT2D eigenvalue weighted by atomic mass is 16.2. The topological polar surface area (TPSA) is 61.4 Å². The van der Waals surface area contributed by atoms with Gasteiger partial charge in [-0.15, -0.1) is 0 Å². The molecule has 1 aliphatic heterocycles. The Labute approximate surface area is 137 Å². The summed E-state index contributed by atoms with van der Waals surface area (Å²) in [5.74, 6) is -0.0166. The lowest BCUT2D eigenvalue weighted by Crippen LogP contribution is -2.33. The maximum Gasteiger partial charge on any atom is 0.251 e. The van der Waals surface area contributed by atoms with Crippen molar-refractivity contribution in [3.8, 4) is 0 Å². The number of carbonyl (C=O) groups excluding carboxylic acids is 2. The molecule has 0 bridgehead atoms. The predicted molar refractivity (Wildman–Crippen MR) is 90.5 cm³/mol. The van der Waals surface area contributed by atoms with Gasteiger partial charge in [-0.05, 0) is 63.0 Å². The van der Waals surface area contributed by atoms with Crippen molar-refractivity contribution in [2.45, 2.75) is 44.6 Å². The van der Waals surface area contributed by atoms with Crippen LogP contribution in [0.15, 0.2) is 24.3 Å². The number of carbonyl (C=O) groups is 2. The van der Waals surface area contributed by atoms with Crippen LogP contribution in [-0.2, 0) is 4.79 Å². The second-order valence-electron chi connectivity index (χ2n) is 6.56. The van der Waals surface area contributed by atoms with E-state index < -0.39 is 0 Å². The number of anilines is 1. The third kappa shape index (κ3) is 5.06. The highest BCUT2D eigenvalue weighted by Gasteiger charge is 2.23. The summed E-state index contributed by atoms with van der Waals surface area (Å²) in [5, 5.41) is 5.87. The van der Waals surface area contributed by atoms with Gasteiger partial charge < -0.3 is 10.6 Å². The van der Waals surface area contributed by atoms with Gasteiger partial charge in [0.1, 0.15) is 0 Å². The van der Waals surface area contributed by atoms with E-state index in [1.54, 1.807) is 24.3 Å². The molecule has 5 nitrogen and oxygen atoms in total. The summed E-state index contributed by atoms with van der Waals surface area (Å²) in [6.07, 6.45) is 7.05. The van der Waals surface area contributed by atoms with Crippen LogP contribution in [0.3, 0.4) is 0 Å². The predicted octanol–water partition coefficient (Wildman–Crippen LogP) is 2.39. The van der Waals surface area contributed by atoms with E-state index in [1.807, 2.05) is 0 Å². The van der Waals surface area contributed by atoms with E-state index in [2.05, 4.69) is 15.5 Å². The third-order valence-corrected chi connectivity index (χ3v) is 4.41. The molecule has 2 N–H and O–H groups in total. The number of hydrogen-bond acceptors (Lipinski definition) is 3. The van der Waals surface area contributed by atoms with E-state index in [9.17, 15) is 9.59 Å². The van der Waals surface area contributed by atoms with Gasteiger partial charge in [0, 0.05) is 17.3 Å². The standard InChI is InChI=1S/C18H25N3O2/c22-17(13-21-11-3-1-2-4-12-21)19-15-7-5-14(6-8-15)18(23)20-16-9-10-16/h5-8,16H,1-4,9-13H2,(H,19,22)(H,20,23). The Morgan fingerprint density at radius 2 is 1.65 bits per heavy atom. The van der Waals surface area contributed by atoms with E-state index in [0.29, 0.717) is 18.2 Å². The lowest BCUT2D eigenvalue weighted by molar-refractivity contribution is -0.117. The number of amides is 2. The smallest absolute Gasteiger partial charge is 0.251 e. The van der Waals surface area contributed by atoms with Crippen molar-refractivity contribution in [1.82, 2.24) is 10.2 Å². The Kier molecular flexibility index (Phi) is 5.28. The first-order valence-electron chi connectivity index (χ1n) is 8.64. The van der Waals surface area contributed by atoms with E-state index in [-0.39, 0.29) is 11.8 Å². The highest BCUT2D eigenvalue weighted by Crippen LogP contribution is 2.19. The van der Waals surface area contributed by atoms with Crippen molar-refractivity contribution in [2.75, 3.05) is 25.0 Å². The van der Waals surface area contributed by atoms with E-state index >= 15 is 0 Å². The molecule has 1 saturated heterocycles. The first kappa shape index (κ1) is 16.0.